The van der Waals surface area contributed by atoms with Crippen LogP contribution in [0.2, 0.25) is 0 Å². The molecule has 4 heteroatoms. The number of hydrogen-bond donors (Lipinski definition) is 1. The van der Waals surface area contributed by atoms with Crippen LogP contribution in [0.15, 0.2) is 109 Å². The maximum absolute atomic E-state index is 13.1. The van der Waals surface area contributed by atoms with E-state index in [1.54, 1.807) is 30.3 Å². The second-order valence-corrected chi connectivity index (χ2v) is 19.6. The predicted molar refractivity (Wildman–Crippen MR) is 281 cm³/mol. The van der Waals surface area contributed by atoms with Crippen molar-refractivity contribution in [2.75, 3.05) is 0 Å². The molecule has 0 saturated heterocycles. The van der Waals surface area contributed by atoms with E-state index in [0.29, 0.717) is 41.2 Å². The van der Waals surface area contributed by atoms with Gasteiger partial charge < -0.3 is 5.11 Å². The fourth-order valence-corrected chi connectivity index (χ4v) is 9.28. The molecule has 0 bridgehead atoms. The summed E-state index contributed by atoms with van der Waals surface area (Å²) in [6, 6.07) is 15.1. The maximum Gasteiger partial charge on any atom is 0.149 e. The number of benzene rings is 5. The smallest absolute Gasteiger partial charge is 0.149 e. The zero-order chi connectivity index (χ0) is 72.0. The van der Waals surface area contributed by atoms with E-state index < -0.39 is 135 Å². The number of imidazole rings is 1. The summed E-state index contributed by atoms with van der Waals surface area (Å²) < 4.78 is 255. The number of pyridine rings is 1. The highest BCUT2D eigenvalue weighted by molar-refractivity contribution is 5.97. The van der Waals surface area contributed by atoms with E-state index in [9.17, 15) is 9.22 Å². The molecule has 7 aromatic rings. The molecule has 5 aromatic carbocycles. The number of phenols is 1. The largest absolute Gasteiger partial charge is 0.507 e. The van der Waals surface area contributed by atoms with Crippen LogP contribution in [-0.4, -0.2) is 19.6 Å². The summed E-state index contributed by atoms with van der Waals surface area (Å²) >= 11 is 0. The van der Waals surface area contributed by atoms with Crippen molar-refractivity contribution >= 4 is 11.0 Å². The third kappa shape index (κ3) is 9.40. The van der Waals surface area contributed by atoms with Gasteiger partial charge in [-0.3, -0.25) is 9.55 Å². The molecular weight excluding hydrogens is 803 g/mol. The highest BCUT2D eigenvalue weighted by Crippen LogP contribution is 2.48. The van der Waals surface area contributed by atoms with Crippen LogP contribution in [0.25, 0.3) is 61.6 Å². The molecule has 2 aromatic heterocycles. The van der Waals surface area contributed by atoms with Gasteiger partial charge in [-0.25, -0.2) is 4.98 Å². The third-order valence-electron chi connectivity index (χ3n) is 13.2. The van der Waals surface area contributed by atoms with Gasteiger partial charge in [-0.15, -0.1) is 0 Å². The number of para-hydroxylation sites is 1. The van der Waals surface area contributed by atoms with Crippen molar-refractivity contribution in [3.05, 3.63) is 143 Å². The van der Waals surface area contributed by atoms with Gasteiger partial charge in [-0.1, -0.05) is 156 Å². The monoisotopic (exact) mass is 907 g/mol. The van der Waals surface area contributed by atoms with E-state index >= 15 is 0 Å². The molecular formula is C62H75N3O. The first-order valence-electron chi connectivity index (χ1n) is 36.7. The van der Waals surface area contributed by atoms with Crippen LogP contribution in [-0.2, 0) is 16.2 Å². The lowest BCUT2D eigenvalue weighted by Gasteiger charge is -2.39. The quantitative estimate of drug-likeness (QED) is 0.165. The average Bonchev–Trinajstić information content (AvgIpc) is 0.788. The summed E-state index contributed by atoms with van der Waals surface area (Å²) in [6.07, 6.45) is 3.18. The molecule has 1 fully saturated rings. The summed E-state index contributed by atoms with van der Waals surface area (Å²) in [4.78, 5) is 9.68. The number of nitrogens with zero attached hydrogens (tertiary/aromatic N) is 3. The first-order valence-corrected chi connectivity index (χ1v) is 22.2. The second-order valence-electron chi connectivity index (χ2n) is 19.6. The molecule has 0 radical (unpaired) electrons. The highest BCUT2D eigenvalue weighted by Gasteiger charge is 2.34. The summed E-state index contributed by atoms with van der Waals surface area (Å²) in [5, 5.41) is 13.1. The van der Waals surface area contributed by atoms with Gasteiger partial charge >= 0.3 is 0 Å². The zero-order valence-corrected chi connectivity index (χ0v) is 38.3. The second kappa shape index (κ2) is 17.6. The van der Waals surface area contributed by atoms with Gasteiger partial charge in [0, 0.05) is 57.2 Å². The van der Waals surface area contributed by atoms with Gasteiger partial charge in [0.1, 0.15) is 11.6 Å². The fraction of sp³-hybridized carbons (Fsp3) is 0.419. The van der Waals surface area contributed by atoms with Gasteiger partial charge in [0.05, 0.1) is 33.5 Å². The number of fused-ring (bicyclic) bond motifs is 1. The lowest BCUT2D eigenvalue weighted by molar-refractivity contribution is 0.158. The Morgan fingerprint density at radius 1 is 0.697 bits per heavy atom. The van der Waals surface area contributed by atoms with Gasteiger partial charge in [0.25, 0.3) is 0 Å². The third-order valence-corrected chi connectivity index (χ3v) is 13.2. The molecule has 8 rings (SSSR count). The highest BCUT2D eigenvalue weighted by atomic mass is 16.3. The molecule has 1 saturated carbocycles. The van der Waals surface area contributed by atoms with E-state index in [-0.39, 0.29) is 74.4 Å². The van der Waals surface area contributed by atoms with Crippen molar-refractivity contribution in [1.29, 1.82) is 0 Å². The van der Waals surface area contributed by atoms with Crippen LogP contribution in [0.5, 0.6) is 5.75 Å². The Balaban J connectivity index is 1.59. The van der Waals surface area contributed by atoms with Crippen LogP contribution >= 0.6 is 0 Å². The molecule has 1 aliphatic rings. The van der Waals surface area contributed by atoms with Crippen molar-refractivity contribution < 1.29 is 44.9 Å². The molecule has 344 valence electrons. The Labute approximate surface area is 437 Å². The topological polar surface area (TPSA) is 50.9 Å². The lowest BCUT2D eigenvalue weighted by atomic mass is 9.66. The number of aromatic nitrogens is 3. The SMILES string of the molecule is [2H]c1c([2H])c(C([2H])([2H])[2H])c([2H])c([2H])c1-c1ccnc(-c2cc(-c3cccc4c3nc(-c3cc(C(C([2H])([2H])[2H])(C([2H])([2H])[2H])C([2H])([2H])[2H])cc(C(C([2H])([2H])[2H])(C([2H])([2H])[2H])C([2H])([2H])[2H])c3O)n4-c3ccc(C4CC(C(C)C)CC(C([2H])(C)C)C4)cc3C([2H])([2H])[2H])cc(C(C)(C)C)c2)c1. The maximum atomic E-state index is 13.1. The summed E-state index contributed by atoms with van der Waals surface area (Å²) in [5.74, 6) is -3.32. The van der Waals surface area contributed by atoms with Crippen LogP contribution in [0, 0.1) is 37.4 Å². The zero-order valence-electron chi connectivity index (χ0n) is 67.3. The van der Waals surface area contributed by atoms with Crippen molar-refractivity contribution in [1.82, 2.24) is 14.5 Å². The minimum atomic E-state index is -4.30. The Bertz CT molecular complexity index is 3980. The number of aromatic hydroxyl groups is 1. The van der Waals surface area contributed by atoms with E-state index in [4.69, 9.17) is 40.6 Å². The van der Waals surface area contributed by atoms with E-state index in [1.807, 2.05) is 34.6 Å². The number of phenolic OH excluding ortho intramolecular Hbond substituents is 1. The van der Waals surface area contributed by atoms with Gasteiger partial charge in [-0.05, 0) is 160 Å². The Kier molecular flexibility index (Phi) is 6.15. The molecule has 1 N–H and O–H groups in total. The number of rotatable bonds is 8. The first kappa shape index (κ1) is 23.0. The molecule has 0 spiro atoms. The van der Waals surface area contributed by atoms with E-state index in [2.05, 4.69) is 18.8 Å². The van der Waals surface area contributed by atoms with Crippen molar-refractivity contribution in [3.8, 4) is 56.3 Å². The molecule has 2 heterocycles. The number of aryl methyl sites for hydroxylation is 1. The molecule has 66 heavy (non-hydrogen) atoms. The fourth-order valence-electron chi connectivity index (χ4n) is 9.28. The average molecular weight is 907 g/mol. The van der Waals surface area contributed by atoms with Crippen LogP contribution in [0.1, 0.15) is 188 Å². The normalized spacial score (nSPS) is 25.5. The Hall–Kier alpha value is -5.48. The summed E-state index contributed by atoms with van der Waals surface area (Å²) in [5.41, 5.74) is -12.7. The van der Waals surface area contributed by atoms with Gasteiger partial charge in [0.2, 0.25) is 0 Å². The molecule has 1 aliphatic carbocycles. The van der Waals surface area contributed by atoms with Gasteiger partial charge in [0.15, 0.2) is 0 Å². The Morgan fingerprint density at radius 3 is 2.11 bits per heavy atom. The minimum absolute atomic E-state index is 0.0511. The van der Waals surface area contributed by atoms with Crippen molar-refractivity contribution in [3.63, 3.8) is 0 Å². The van der Waals surface area contributed by atoms with Crippen LogP contribution in [0.4, 0.5) is 0 Å². The first-order chi connectivity index (χ1) is 42.9. The van der Waals surface area contributed by atoms with E-state index in [0.717, 1.165) is 11.0 Å². The van der Waals surface area contributed by atoms with Crippen molar-refractivity contribution in [2.24, 2.45) is 23.6 Å². The standard InChI is InChI=1S/C62H75N3O/c1-37(2)44-28-45(38(3)4)30-46(29-44)42-23-24-55(40(6)27-42)65-56-18-16-17-51(57(56)64-59(65)52-35-50(61(10,11)12)36-53(58(52)66)62(13,14)15)47-31-48(33-49(32-47)60(7,8)9)54-34-43(25-26-63-54)41-21-19-39(5)20-22-41/h16-27,31-38,44-46,66H,28-30H2,1-15H3/i5D3,6D3,10D3,11D3,12D3,13D3,14D3,15D3,19D,20D,21D,22D,37D. The van der Waals surface area contributed by atoms with Crippen molar-refractivity contribution in [2.45, 2.75) is 145 Å². The molecule has 0 amide bonds. The number of hydrogen-bond acceptors (Lipinski definition) is 3. The summed E-state index contributed by atoms with van der Waals surface area (Å²) in [7, 11) is 0. The lowest BCUT2D eigenvalue weighted by Crippen LogP contribution is -2.27. The molecule has 4 nitrogen and oxygen atoms in total. The van der Waals surface area contributed by atoms with Gasteiger partial charge in [-0.2, -0.15) is 0 Å². The molecule has 3 atom stereocenters. The Morgan fingerprint density at radius 2 is 1.42 bits per heavy atom. The minimum Gasteiger partial charge on any atom is -0.507 e. The van der Waals surface area contributed by atoms with E-state index in [1.165, 1.54) is 42.6 Å². The predicted octanol–water partition coefficient (Wildman–Crippen LogP) is 17.1. The summed E-state index contributed by atoms with van der Waals surface area (Å²) in [6.45, 7) is -18.0. The van der Waals surface area contributed by atoms with Crippen LogP contribution in [0.3, 0.4) is 0 Å². The molecule has 0 aliphatic heterocycles. The van der Waals surface area contributed by atoms with Crippen LogP contribution < -0.4 is 0 Å². The molecule has 3 unspecified atom stereocenters.